The zero-order valence-corrected chi connectivity index (χ0v) is 80.7. The van der Waals surface area contributed by atoms with Crippen molar-refractivity contribution in [2.45, 2.75) is 478 Å². The molecule has 7 aliphatic rings. The van der Waals surface area contributed by atoms with Gasteiger partial charge in [0, 0.05) is 40.0 Å². The van der Waals surface area contributed by atoms with Crippen LogP contribution in [0.1, 0.15) is 240 Å². The molecule has 48 heteroatoms. The van der Waals surface area contributed by atoms with Crippen LogP contribution in [0.25, 0.3) is 0 Å². The second kappa shape index (κ2) is 61.8. The van der Waals surface area contributed by atoms with Gasteiger partial charge in [-0.15, -0.1) is 0 Å². The van der Waals surface area contributed by atoms with E-state index in [0.717, 1.165) is 78.6 Å². The lowest BCUT2D eigenvalue weighted by atomic mass is 9.87. The number of carboxylic acids is 2. The van der Waals surface area contributed by atoms with E-state index in [1.807, 2.05) is 6.08 Å². The number of rotatable bonds is 64. The van der Waals surface area contributed by atoms with Gasteiger partial charge in [-0.3, -0.25) is 19.2 Å². The van der Waals surface area contributed by atoms with E-state index in [2.05, 4.69) is 35.1 Å². The van der Waals surface area contributed by atoms with Crippen LogP contribution in [0.2, 0.25) is 0 Å². The molecule has 0 aromatic rings. The Morgan fingerprint density at radius 1 is 0.386 bits per heavy atom. The minimum absolute atomic E-state index is 0.146. The van der Waals surface area contributed by atoms with Gasteiger partial charge in [-0.2, -0.15) is 0 Å². The van der Waals surface area contributed by atoms with Crippen molar-refractivity contribution < 1.29 is 218 Å². The van der Waals surface area contributed by atoms with Crippen LogP contribution in [0.3, 0.4) is 0 Å². The minimum atomic E-state index is -3.56. The first-order valence-electron chi connectivity index (χ1n) is 49.7. The van der Waals surface area contributed by atoms with Crippen molar-refractivity contribution in [3.05, 3.63) is 12.2 Å². The summed E-state index contributed by atoms with van der Waals surface area (Å²) in [5, 5.41) is 281. The van der Waals surface area contributed by atoms with E-state index in [-0.39, 0.29) is 12.3 Å². The Labute approximate surface area is 814 Å². The van der Waals surface area contributed by atoms with Gasteiger partial charge in [0.05, 0.1) is 89.3 Å². The molecule has 0 radical (unpaired) electrons. The lowest BCUT2D eigenvalue weighted by molar-refractivity contribution is -0.393. The standard InChI is InChI=1S/C92H162N4O44/c1-6-8-10-12-14-16-18-20-21-22-23-25-27-29-31-33-35-37-62(111)96-51(52(107)36-34-32-30-28-26-24-19-17-15-13-11-9-7-2)47-127-85-73(119)71(117)77(60(45-102)131-85)133-86-74(120)72(118)78(61(46-103)132-86)134-87-75(121)82(68(114)57(42-99)129-87)136-84-65(95-50(5)106)79(67(113)56(41-98)128-84)135-88-76(122)83(69(115)58(43-100)130-88)140-92(90(125)126)39-54(109)64(94-49(4)105)81(139-92)70(116)59(44-101)137-91(89(123)124)38-53(108)63(93-48(3)104)80(138-91)66(112)55(110)40-97/h34,36,51-61,63-88,97-103,107-110,112-122H,6-33,35,37-47H2,1-5H3,(H,93,104)(H,94,105)(H,95,106)(H,96,111)(H,123,124)(H,125,126)/b36-34+/t51-,52+,53?,54?,55+,56?,57?,58?,59+,60?,61?,63+,64+,65?,66+,67-,68-,69-,70+,71+,72+,73?,74?,75?,76?,77+,78-,79+,80?,81?,82-,83-,84-,85+,86-,87-,88-,91+,92-/m0/s1. The number of aliphatic carboxylic acids is 2. The molecule has 7 heterocycles. The number of ether oxygens (including phenoxy) is 14. The summed E-state index contributed by atoms with van der Waals surface area (Å²) in [7, 11) is 0. The number of carboxylic acid groups (broad SMARTS) is 2. The average molecular weight is 2030 g/mol. The average Bonchev–Trinajstić information content (AvgIpc) is 0.743. The number of aliphatic hydroxyl groups excluding tert-OH is 22. The molecule has 28 N–H and O–H groups in total. The SMILES string of the molecule is CCCCCCCCCCCCC/C=C/[C@@H](O)[C@H](CO[C@@H]1OC(CO)[C@@H](O[C@@H]2OC(CO)[C@H](O[C@@H]3OC(CO)[C@H](O)[C@H](O[C@@H]4OC(CO)[C@H](O)[C@H](O[C@@H]5OC(CO)[C@H](O)[C@H](O[C@]6(C(=O)O)CC(O)[C@@H](NC(C)=O)C([C@H](O)[C@@H](CO)O[C@]7(C(=O)O)CC(O)[C@@H](NC(C)=O)C([C@H](O)[C@H](O)CO)O7)O6)C5O)C4NC(C)=O)C3O)[C@H](O)C2O)[C@H](O)C1O)NC(=O)CCCCCCCCCCCCCCCCCCC. The van der Waals surface area contributed by atoms with Gasteiger partial charge in [-0.25, -0.2) is 9.59 Å². The molecule has 0 aliphatic carbocycles. The van der Waals surface area contributed by atoms with Crippen LogP contribution in [0.15, 0.2) is 12.2 Å². The number of unbranched alkanes of at least 4 members (excludes halogenated alkanes) is 27. The Morgan fingerprint density at radius 3 is 1.18 bits per heavy atom. The Bertz CT molecular complexity index is 3580. The molecule has 14 unspecified atom stereocenters. The molecular formula is C92H162N4O44. The largest absolute Gasteiger partial charge is 0.477 e. The molecule has 39 atom stereocenters. The third-order valence-electron chi connectivity index (χ3n) is 26.7. The summed E-state index contributed by atoms with van der Waals surface area (Å²) < 4.78 is 82.4. The Balaban J connectivity index is 1.02. The third kappa shape index (κ3) is 34.9. The summed E-state index contributed by atoms with van der Waals surface area (Å²) in [6.07, 6.45) is -38.1. The highest BCUT2D eigenvalue weighted by atomic mass is 16.8. The van der Waals surface area contributed by atoms with Crippen LogP contribution in [0.4, 0.5) is 0 Å². The Kier molecular flexibility index (Phi) is 53.9. The van der Waals surface area contributed by atoms with Crippen molar-refractivity contribution in [2.75, 3.05) is 52.9 Å². The van der Waals surface area contributed by atoms with Crippen LogP contribution in [-0.2, 0) is 95.1 Å². The number of amides is 4. The fraction of sp³-hybridized carbons (Fsp3) is 0.913. The van der Waals surface area contributed by atoms with E-state index >= 15 is 0 Å². The van der Waals surface area contributed by atoms with Crippen LogP contribution < -0.4 is 21.3 Å². The highest BCUT2D eigenvalue weighted by Gasteiger charge is 2.64. The van der Waals surface area contributed by atoms with Gasteiger partial charge >= 0.3 is 11.9 Å². The first-order valence-corrected chi connectivity index (χ1v) is 49.7. The monoisotopic (exact) mass is 2030 g/mol. The first-order chi connectivity index (χ1) is 66.8. The maximum atomic E-state index is 13.8. The summed E-state index contributed by atoms with van der Waals surface area (Å²) in [4.78, 5) is 79.0. The van der Waals surface area contributed by atoms with Crippen molar-refractivity contribution in [3.8, 4) is 0 Å². The molecule has 140 heavy (non-hydrogen) atoms. The zero-order chi connectivity index (χ0) is 103. The van der Waals surface area contributed by atoms with Crippen LogP contribution in [-0.4, -0.2) is 449 Å². The van der Waals surface area contributed by atoms with Gasteiger partial charge in [0.25, 0.3) is 11.6 Å². The quantitative estimate of drug-likeness (QED) is 0.0200. The van der Waals surface area contributed by atoms with Gasteiger partial charge in [0.15, 0.2) is 31.5 Å². The van der Waals surface area contributed by atoms with E-state index in [4.69, 9.17) is 66.3 Å². The molecule has 0 bridgehead atoms. The third-order valence-corrected chi connectivity index (χ3v) is 26.7. The minimum Gasteiger partial charge on any atom is -0.477 e. The van der Waals surface area contributed by atoms with Gasteiger partial charge in [0.1, 0.15) is 159 Å². The summed E-state index contributed by atoms with van der Waals surface area (Å²) in [6, 6.07) is -6.98. The van der Waals surface area contributed by atoms with Crippen LogP contribution >= 0.6 is 0 Å². The maximum absolute atomic E-state index is 13.8. The highest BCUT2D eigenvalue weighted by molar-refractivity contribution is 5.78. The van der Waals surface area contributed by atoms with Crippen molar-refractivity contribution in [3.63, 3.8) is 0 Å². The van der Waals surface area contributed by atoms with Crippen molar-refractivity contribution in [1.82, 2.24) is 21.3 Å². The smallest absolute Gasteiger partial charge is 0.364 e. The summed E-state index contributed by atoms with van der Waals surface area (Å²) in [6.45, 7) is -1.88. The van der Waals surface area contributed by atoms with E-state index < -0.39 is 333 Å². The van der Waals surface area contributed by atoms with Gasteiger partial charge < -0.3 is 210 Å². The first kappa shape index (κ1) is 122. The molecule has 0 spiro atoms. The van der Waals surface area contributed by atoms with Crippen LogP contribution in [0.5, 0.6) is 0 Å². The molecule has 7 fully saturated rings. The van der Waals surface area contributed by atoms with Crippen molar-refractivity contribution in [2.24, 2.45) is 0 Å². The molecule has 814 valence electrons. The zero-order valence-electron chi connectivity index (χ0n) is 80.7. The lowest BCUT2D eigenvalue weighted by Gasteiger charge is -2.52. The predicted molar refractivity (Wildman–Crippen MR) is 482 cm³/mol. The van der Waals surface area contributed by atoms with E-state index in [1.165, 1.54) is 116 Å². The fourth-order valence-corrected chi connectivity index (χ4v) is 18.7. The number of hydrogen-bond donors (Lipinski definition) is 28. The number of carbonyl (C=O) groups is 6. The number of hydrogen-bond acceptors (Lipinski definition) is 42. The molecule has 7 aliphatic heterocycles. The molecular weight excluding hydrogens is 1860 g/mol. The predicted octanol–water partition coefficient (Wildman–Crippen LogP) is -5.26. The molecule has 7 rings (SSSR count). The van der Waals surface area contributed by atoms with Gasteiger partial charge in [0.2, 0.25) is 23.6 Å². The van der Waals surface area contributed by atoms with E-state index in [0.29, 0.717) is 12.8 Å². The summed E-state index contributed by atoms with van der Waals surface area (Å²) in [5.74, 6) is -14.7. The molecule has 0 aromatic heterocycles. The van der Waals surface area contributed by atoms with E-state index in [9.17, 15) is 151 Å². The molecule has 0 saturated carbocycles. The molecule has 48 nitrogen and oxygen atoms in total. The molecule has 4 amide bonds. The fourth-order valence-electron chi connectivity index (χ4n) is 18.7. The number of nitrogens with one attached hydrogen (secondary N) is 4. The second-order valence-corrected chi connectivity index (χ2v) is 37.8. The maximum Gasteiger partial charge on any atom is 0.364 e. The van der Waals surface area contributed by atoms with Crippen molar-refractivity contribution in [1.29, 1.82) is 0 Å². The topological polar surface area (TPSA) is 765 Å². The van der Waals surface area contributed by atoms with E-state index in [1.54, 1.807) is 6.08 Å². The normalized spacial score (nSPS) is 36.3. The number of allylic oxidation sites excluding steroid dienone is 1. The molecule has 0 aromatic carbocycles. The number of carbonyl (C=O) groups excluding carboxylic acids is 4. The highest BCUT2D eigenvalue weighted by Crippen LogP contribution is 2.43. The summed E-state index contributed by atoms with van der Waals surface area (Å²) >= 11 is 0. The van der Waals surface area contributed by atoms with Gasteiger partial charge in [-0.1, -0.05) is 193 Å². The van der Waals surface area contributed by atoms with Crippen molar-refractivity contribution >= 4 is 35.6 Å². The Hall–Kier alpha value is -4.88. The van der Waals surface area contributed by atoms with Crippen LogP contribution in [0, 0.1) is 0 Å². The molecule has 7 saturated heterocycles. The second-order valence-electron chi connectivity index (χ2n) is 37.8. The Morgan fingerprint density at radius 2 is 0.743 bits per heavy atom. The number of aliphatic hydroxyl groups is 22. The van der Waals surface area contributed by atoms with Gasteiger partial charge in [-0.05, 0) is 19.3 Å². The summed E-state index contributed by atoms with van der Waals surface area (Å²) in [5.41, 5.74) is 0. The lowest BCUT2D eigenvalue weighted by Crippen LogP contribution is -2.72.